The molecule has 0 N–H and O–H groups in total. The van der Waals surface area contributed by atoms with E-state index in [-0.39, 0.29) is 12.5 Å². The highest BCUT2D eigenvalue weighted by Gasteiger charge is 2.27. The van der Waals surface area contributed by atoms with Crippen LogP contribution in [0.1, 0.15) is 102 Å². The molecule has 2 aromatic carbocycles. The summed E-state index contributed by atoms with van der Waals surface area (Å²) in [6.45, 7) is 4.82. The normalized spacial score (nSPS) is 17.9. The number of benzene rings is 2. The highest BCUT2D eigenvalue weighted by atomic mass is 19.1. The van der Waals surface area contributed by atoms with Crippen molar-refractivity contribution in [3.63, 3.8) is 0 Å². The number of hydrogen-bond donors (Lipinski definition) is 0. The van der Waals surface area contributed by atoms with Crippen LogP contribution in [0.4, 0.5) is 4.39 Å². The Hall–Kier alpha value is -2.87. The summed E-state index contributed by atoms with van der Waals surface area (Å²) in [6, 6.07) is 16.7. The van der Waals surface area contributed by atoms with Crippen LogP contribution in [0.5, 0.6) is 5.75 Å². The maximum atomic E-state index is 13.9. The molecule has 4 nitrogen and oxygen atoms in total. The Morgan fingerprint density at radius 3 is 2.37 bits per heavy atom. The number of carbonyl (C=O) groups is 1. The number of rotatable bonds is 15. The fraction of sp³-hybridized carbons (Fsp3) is 0.576. The molecule has 0 aliphatic heterocycles. The molecule has 206 valence electrons. The molecule has 2 aromatic rings. The Labute approximate surface area is 228 Å². The fourth-order valence-corrected chi connectivity index (χ4v) is 5.15. The highest BCUT2D eigenvalue weighted by molar-refractivity contribution is 5.74. The van der Waals surface area contributed by atoms with Gasteiger partial charge in [0.1, 0.15) is 17.9 Å². The van der Waals surface area contributed by atoms with Gasteiger partial charge in [-0.25, -0.2) is 9.18 Å². The lowest BCUT2D eigenvalue weighted by Crippen LogP contribution is -2.29. The molecule has 5 heteroatoms. The first-order valence-corrected chi connectivity index (χ1v) is 14.6. The van der Waals surface area contributed by atoms with Gasteiger partial charge in [-0.2, -0.15) is 5.26 Å². The van der Waals surface area contributed by atoms with Crippen molar-refractivity contribution >= 4 is 5.97 Å². The summed E-state index contributed by atoms with van der Waals surface area (Å²) in [7, 11) is 0. The van der Waals surface area contributed by atoms with Gasteiger partial charge in [0.25, 0.3) is 0 Å². The third-order valence-corrected chi connectivity index (χ3v) is 7.63. The Bertz CT molecular complexity index is 1020. The highest BCUT2D eigenvalue weighted by Crippen LogP contribution is 2.31. The molecular weight excluding hydrogens is 477 g/mol. The molecule has 1 saturated carbocycles. The molecule has 1 aliphatic carbocycles. The molecule has 3 rings (SSSR count). The zero-order valence-corrected chi connectivity index (χ0v) is 23.2. The summed E-state index contributed by atoms with van der Waals surface area (Å²) in [4.78, 5) is 11.9. The average Bonchev–Trinajstić information content (AvgIpc) is 2.95. The number of halogens is 1. The summed E-state index contributed by atoms with van der Waals surface area (Å²) >= 11 is 0. The first kappa shape index (κ1) is 29.7. The van der Waals surface area contributed by atoms with Crippen LogP contribution in [-0.2, 0) is 16.0 Å². The maximum absolute atomic E-state index is 13.9. The molecule has 1 atom stereocenters. The first-order chi connectivity index (χ1) is 18.5. The molecule has 0 heterocycles. The van der Waals surface area contributed by atoms with Gasteiger partial charge in [-0.05, 0) is 86.1 Å². The van der Waals surface area contributed by atoms with Crippen molar-refractivity contribution in [2.75, 3.05) is 6.61 Å². The largest absolute Gasteiger partial charge is 0.492 e. The van der Waals surface area contributed by atoms with Gasteiger partial charge < -0.3 is 9.47 Å². The number of carbonyl (C=O) groups excluding carboxylic acids is 1. The lowest BCUT2D eigenvalue weighted by molar-refractivity contribution is -0.157. The fourth-order valence-electron chi connectivity index (χ4n) is 5.15. The molecule has 0 unspecified atom stereocenters. The Morgan fingerprint density at radius 1 is 0.974 bits per heavy atom. The summed E-state index contributed by atoms with van der Waals surface area (Å²) in [5.41, 5.74) is 3.98. The second kappa shape index (κ2) is 16.2. The smallest absolute Gasteiger partial charge is 0.340 e. The van der Waals surface area contributed by atoms with E-state index in [2.05, 4.69) is 37.3 Å². The van der Waals surface area contributed by atoms with Crippen LogP contribution in [0, 0.1) is 17.2 Å². The maximum Gasteiger partial charge on any atom is 0.340 e. The number of unbranched alkanes of at least 4 members (excludes halogenated alkanes) is 4. The number of hydrogen-bond acceptors (Lipinski definition) is 4. The average molecular weight is 522 g/mol. The van der Waals surface area contributed by atoms with E-state index in [1.807, 2.05) is 25.1 Å². The first-order valence-electron chi connectivity index (χ1n) is 14.6. The molecule has 0 spiro atoms. The molecule has 0 bridgehead atoms. The number of ether oxygens (including phenoxy) is 2. The molecule has 0 amide bonds. The second-order valence-corrected chi connectivity index (χ2v) is 10.7. The van der Waals surface area contributed by atoms with E-state index >= 15 is 0 Å². The predicted octanol–water partition coefficient (Wildman–Crippen LogP) is 8.75. The lowest BCUT2D eigenvalue weighted by atomic mass is 9.83. The van der Waals surface area contributed by atoms with Gasteiger partial charge in [-0.1, -0.05) is 76.3 Å². The zero-order valence-electron chi connectivity index (χ0n) is 23.2. The number of aryl methyl sites for hydroxylation is 1. The number of esters is 1. The molecule has 38 heavy (non-hydrogen) atoms. The van der Waals surface area contributed by atoms with E-state index in [0.717, 1.165) is 68.9 Å². The van der Waals surface area contributed by atoms with E-state index in [4.69, 9.17) is 9.47 Å². The van der Waals surface area contributed by atoms with E-state index in [0.29, 0.717) is 30.3 Å². The molecular formula is C33H44FNO3. The van der Waals surface area contributed by atoms with Gasteiger partial charge in [0.2, 0.25) is 0 Å². The minimum Gasteiger partial charge on any atom is -0.492 e. The Balaban J connectivity index is 1.43. The minimum absolute atomic E-state index is 0.131. The van der Waals surface area contributed by atoms with Crippen molar-refractivity contribution < 1.29 is 18.7 Å². The molecule has 1 aliphatic rings. The quantitative estimate of drug-likeness (QED) is 0.174. The van der Waals surface area contributed by atoms with Crippen molar-refractivity contribution in [2.45, 2.75) is 110 Å². The van der Waals surface area contributed by atoms with Crippen molar-refractivity contribution in [1.82, 2.24) is 0 Å². The third kappa shape index (κ3) is 9.46. The van der Waals surface area contributed by atoms with Gasteiger partial charge in [0.05, 0.1) is 12.2 Å². The van der Waals surface area contributed by atoms with Gasteiger partial charge in [0, 0.05) is 0 Å². The Morgan fingerprint density at radius 2 is 1.68 bits per heavy atom. The van der Waals surface area contributed by atoms with Crippen molar-refractivity contribution in [3.05, 3.63) is 53.6 Å². The molecule has 0 radical (unpaired) electrons. The van der Waals surface area contributed by atoms with E-state index in [9.17, 15) is 14.4 Å². The van der Waals surface area contributed by atoms with Gasteiger partial charge in [0.15, 0.2) is 6.17 Å². The topological polar surface area (TPSA) is 59.3 Å². The summed E-state index contributed by atoms with van der Waals surface area (Å²) < 4.78 is 25.2. The summed E-state index contributed by atoms with van der Waals surface area (Å²) in [5.74, 6) is 0.599. The van der Waals surface area contributed by atoms with E-state index < -0.39 is 12.1 Å². The number of nitrogens with zero attached hydrogens (tertiary/aromatic N) is 1. The second-order valence-electron chi connectivity index (χ2n) is 10.7. The number of alkyl halides is 1. The Kier molecular flexibility index (Phi) is 12.6. The monoisotopic (exact) mass is 521 g/mol. The van der Waals surface area contributed by atoms with Crippen LogP contribution in [0.3, 0.4) is 0 Å². The number of nitriles is 1. The zero-order chi connectivity index (χ0) is 27.2. The van der Waals surface area contributed by atoms with Crippen molar-refractivity contribution in [1.29, 1.82) is 5.26 Å². The summed E-state index contributed by atoms with van der Waals surface area (Å²) in [6.07, 6.45) is 10.6. The van der Waals surface area contributed by atoms with Gasteiger partial charge in [-0.3, -0.25) is 0 Å². The molecule has 0 aromatic heterocycles. The van der Waals surface area contributed by atoms with Crippen molar-refractivity contribution in [2.24, 2.45) is 5.92 Å². The standard InChI is InChI=1S/C33H44FNO3/c1-3-5-7-8-22-37-32-21-18-28(23-29(32)24-35)27-16-12-25(13-17-27)10-11-26-14-19-30(20-15-26)38-33(36)31(34)9-6-4-2/h12-13,16-18,21,23,26,30-31H,3-11,14-15,19-20,22H2,1-2H3/t26-,30-,31-/m0/s1. The van der Waals surface area contributed by atoms with Crippen LogP contribution in [0.25, 0.3) is 11.1 Å². The lowest BCUT2D eigenvalue weighted by Gasteiger charge is -2.28. The summed E-state index contributed by atoms with van der Waals surface area (Å²) in [5, 5.41) is 9.61. The van der Waals surface area contributed by atoms with Crippen LogP contribution in [0.15, 0.2) is 42.5 Å². The van der Waals surface area contributed by atoms with Crippen LogP contribution in [-0.4, -0.2) is 24.9 Å². The predicted molar refractivity (Wildman–Crippen MR) is 151 cm³/mol. The third-order valence-electron chi connectivity index (χ3n) is 7.63. The van der Waals surface area contributed by atoms with Crippen molar-refractivity contribution in [3.8, 4) is 22.9 Å². The van der Waals surface area contributed by atoms with Crippen LogP contribution < -0.4 is 4.74 Å². The van der Waals surface area contributed by atoms with E-state index in [1.165, 1.54) is 18.4 Å². The van der Waals surface area contributed by atoms with Crippen LogP contribution >= 0.6 is 0 Å². The minimum atomic E-state index is -1.48. The molecule has 0 saturated heterocycles. The van der Waals surface area contributed by atoms with E-state index in [1.54, 1.807) is 0 Å². The van der Waals surface area contributed by atoms with Crippen LogP contribution in [0.2, 0.25) is 0 Å². The van der Waals surface area contributed by atoms with Gasteiger partial charge in [-0.15, -0.1) is 0 Å². The molecule has 1 fully saturated rings. The van der Waals surface area contributed by atoms with Gasteiger partial charge >= 0.3 is 5.97 Å². The SMILES string of the molecule is CCCCCCOc1ccc(-c2ccc(CC[C@H]3CC[C@H](OC(=O)[C@@H](F)CCCC)CC3)cc2)cc1C#N.